The first kappa shape index (κ1) is 20.2. The lowest BCUT2D eigenvalue weighted by Crippen LogP contribution is -2.16. The molecule has 0 bridgehead atoms. The third-order valence-corrected chi connectivity index (χ3v) is 4.31. The summed E-state index contributed by atoms with van der Waals surface area (Å²) >= 11 is 0. The Hall–Kier alpha value is -3.54. The van der Waals surface area contributed by atoms with Crippen molar-refractivity contribution >= 4 is 29.0 Å². The van der Waals surface area contributed by atoms with Crippen LogP contribution in [0.2, 0.25) is 0 Å². The van der Waals surface area contributed by atoms with Gasteiger partial charge in [0.2, 0.25) is 5.91 Å². The lowest BCUT2D eigenvalue weighted by atomic mass is 10.1. The predicted molar refractivity (Wildman–Crippen MR) is 110 cm³/mol. The van der Waals surface area contributed by atoms with Gasteiger partial charge in [-0.3, -0.25) is 4.79 Å². The molecular formula is C23H19F3N2O. The zero-order valence-electron chi connectivity index (χ0n) is 15.6. The fourth-order valence-electron chi connectivity index (χ4n) is 2.81. The number of rotatable bonds is 5. The molecule has 3 rings (SSSR count). The van der Waals surface area contributed by atoms with Crippen molar-refractivity contribution in [2.45, 2.75) is 6.18 Å². The molecule has 0 radical (unpaired) electrons. The van der Waals surface area contributed by atoms with E-state index in [1.54, 1.807) is 18.0 Å². The van der Waals surface area contributed by atoms with Gasteiger partial charge < -0.3 is 10.2 Å². The highest BCUT2D eigenvalue weighted by molar-refractivity contribution is 6.04. The van der Waals surface area contributed by atoms with Crippen LogP contribution in [0.4, 0.5) is 30.2 Å². The number of halogens is 3. The Kier molecular flexibility index (Phi) is 6.02. The summed E-state index contributed by atoms with van der Waals surface area (Å²) in [4.78, 5) is 14.1. The quantitative estimate of drug-likeness (QED) is 0.527. The molecular weight excluding hydrogens is 377 g/mol. The van der Waals surface area contributed by atoms with E-state index < -0.39 is 17.6 Å². The summed E-state index contributed by atoms with van der Waals surface area (Å²) in [6.45, 7) is 0. The number of nitrogens with zero attached hydrogens (tertiary/aromatic N) is 1. The van der Waals surface area contributed by atoms with Crippen LogP contribution >= 0.6 is 0 Å². The van der Waals surface area contributed by atoms with Gasteiger partial charge in [-0.05, 0) is 42.0 Å². The van der Waals surface area contributed by atoms with E-state index in [-0.39, 0.29) is 5.69 Å². The average molecular weight is 396 g/mol. The molecule has 3 aromatic rings. The third-order valence-electron chi connectivity index (χ3n) is 4.31. The maximum atomic E-state index is 13.2. The zero-order valence-corrected chi connectivity index (χ0v) is 15.6. The number of hydrogen-bond acceptors (Lipinski definition) is 2. The lowest BCUT2D eigenvalue weighted by Gasteiger charge is -2.23. The van der Waals surface area contributed by atoms with Gasteiger partial charge in [-0.1, -0.05) is 48.5 Å². The van der Waals surface area contributed by atoms with Crippen molar-refractivity contribution in [3.05, 3.63) is 96.1 Å². The number of para-hydroxylation sites is 1. The Labute approximate surface area is 167 Å². The first-order chi connectivity index (χ1) is 13.8. The summed E-state index contributed by atoms with van der Waals surface area (Å²) in [5.74, 6) is -0.518. The van der Waals surface area contributed by atoms with Gasteiger partial charge in [0.15, 0.2) is 0 Å². The molecule has 0 aliphatic carbocycles. The number of benzene rings is 3. The number of carbonyl (C=O) groups is 1. The van der Waals surface area contributed by atoms with Crippen molar-refractivity contribution in [2.75, 3.05) is 17.3 Å². The maximum Gasteiger partial charge on any atom is 0.416 e. The van der Waals surface area contributed by atoms with Crippen molar-refractivity contribution < 1.29 is 18.0 Å². The summed E-state index contributed by atoms with van der Waals surface area (Å²) in [5.41, 5.74) is 1.29. The molecule has 0 saturated heterocycles. The van der Waals surface area contributed by atoms with Gasteiger partial charge in [0.25, 0.3) is 0 Å². The molecule has 0 atom stereocenters. The van der Waals surface area contributed by atoms with Crippen molar-refractivity contribution in [1.29, 1.82) is 0 Å². The SMILES string of the molecule is CN(c1ccccc1)c1ccc(C(F)(F)F)cc1NC(=O)/C=C/c1ccccc1. The minimum Gasteiger partial charge on any atom is -0.343 e. The summed E-state index contributed by atoms with van der Waals surface area (Å²) in [7, 11) is 1.73. The summed E-state index contributed by atoms with van der Waals surface area (Å²) < 4.78 is 39.6. The fourth-order valence-corrected chi connectivity index (χ4v) is 2.81. The molecule has 148 valence electrons. The van der Waals surface area contributed by atoms with Crippen molar-refractivity contribution in [2.24, 2.45) is 0 Å². The van der Waals surface area contributed by atoms with Crippen molar-refractivity contribution in [1.82, 2.24) is 0 Å². The van der Waals surface area contributed by atoms with Gasteiger partial charge in [-0.2, -0.15) is 13.2 Å². The monoisotopic (exact) mass is 396 g/mol. The molecule has 0 heterocycles. The number of alkyl halides is 3. The van der Waals surface area contributed by atoms with Gasteiger partial charge in [0.1, 0.15) is 0 Å². The van der Waals surface area contributed by atoms with E-state index in [1.807, 2.05) is 60.7 Å². The molecule has 0 unspecified atom stereocenters. The van der Waals surface area contributed by atoms with E-state index in [1.165, 1.54) is 12.1 Å². The summed E-state index contributed by atoms with van der Waals surface area (Å²) in [6, 6.07) is 21.6. The Bertz CT molecular complexity index is 1000. The Morgan fingerprint density at radius 2 is 1.55 bits per heavy atom. The van der Waals surface area contributed by atoms with Crippen molar-refractivity contribution in [3.8, 4) is 0 Å². The third kappa shape index (κ3) is 5.25. The second-order valence-electron chi connectivity index (χ2n) is 6.36. The van der Waals surface area contributed by atoms with Gasteiger partial charge in [0.05, 0.1) is 16.9 Å². The molecule has 1 N–H and O–H groups in total. The Balaban J connectivity index is 1.91. The first-order valence-corrected chi connectivity index (χ1v) is 8.89. The highest BCUT2D eigenvalue weighted by atomic mass is 19.4. The second-order valence-corrected chi connectivity index (χ2v) is 6.36. The molecule has 6 heteroatoms. The smallest absolute Gasteiger partial charge is 0.343 e. The number of hydrogen-bond donors (Lipinski definition) is 1. The number of nitrogens with one attached hydrogen (secondary N) is 1. The van der Waals surface area contributed by atoms with E-state index in [9.17, 15) is 18.0 Å². The highest BCUT2D eigenvalue weighted by Gasteiger charge is 2.31. The van der Waals surface area contributed by atoms with Crippen LogP contribution in [0, 0.1) is 0 Å². The maximum absolute atomic E-state index is 13.2. The van der Waals surface area contributed by atoms with E-state index >= 15 is 0 Å². The van der Waals surface area contributed by atoms with Crippen LogP contribution in [0.15, 0.2) is 84.9 Å². The van der Waals surface area contributed by atoms with Crippen LogP contribution in [-0.2, 0) is 11.0 Å². The highest BCUT2D eigenvalue weighted by Crippen LogP contribution is 2.37. The lowest BCUT2D eigenvalue weighted by molar-refractivity contribution is -0.137. The molecule has 0 spiro atoms. The summed E-state index contributed by atoms with van der Waals surface area (Å²) in [5, 5.41) is 2.58. The molecule has 0 aliphatic heterocycles. The van der Waals surface area contributed by atoms with Gasteiger partial charge in [0, 0.05) is 18.8 Å². The van der Waals surface area contributed by atoms with Crippen LogP contribution < -0.4 is 10.2 Å². The molecule has 29 heavy (non-hydrogen) atoms. The largest absolute Gasteiger partial charge is 0.416 e. The van der Waals surface area contributed by atoms with Gasteiger partial charge in [-0.15, -0.1) is 0 Å². The number of amides is 1. The van der Waals surface area contributed by atoms with Crippen LogP contribution in [0.1, 0.15) is 11.1 Å². The average Bonchev–Trinajstić information content (AvgIpc) is 2.72. The van der Waals surface area contributed by atoms with E-state index in [4.69, 9.17) is 0 Å². The Morgan fingerprint density at radius 1 is 0.931 bits per heavy atom. The predicted octanol–water partition coefficient (Wildman–Crippen LogP) is 6.13. The molecule has 0 aromatic heterocycles. The number of anilines is 3. The molecule has 0 saturated carbocycles. The normalized spacial score (nSPS) is 11.4. The van der Waals surface area contributed by atoms with Crippen LogP contribution in [0.25, 0.3) is 6.08 Å². The molecule has 3 aromatic carbocycles. The fraction of sp³-hybridized carbons (Fsp3) is 0.0870. The minimum atomic E-state index is -4.51. The zero-order chi connectivity index (χ0) is 20.9. The molecule has 0 fully saturated rings. The van der Waals surface area contributed by atoms with Gasteiger partial charge >= 0.3 is 6.18 Å². The number of carbonyl (C=O) groups excluding carboxylic acids is 1. The molecule has 3 nitrogen and oxygen atoms in total. The van der Waals surface area contributed by atoms with Crippen LogP contribution in [0.5, 0.6) is 0 Å². The minimum absolute atomic E-state index is 0.0777. The first-order valence-electron chi connectivity index (χ1n) is 8.89. The van der Waals surface area contributed by atoms with Crippen molar-refractivity contribution in [3.63, 3.8) is 0 Å². The van der Waals surface area contributed by atoms with E-state index in [2.05, 4.69) is 5.32 Å². The Morgan fingerprint density at radius 3 is 2.17 bits per heavy atom. The second kappa shape index (κ2) is 8.65. The van der Waals surface area contributed by atoms with Gasteiger partial charge in [-0.25, -0.2) is 0 Å². The summed E-state index contributed by atoms with van der Waals surface area (Å²) in [6.07, 6.45) is -1.62. The van der Waals surface area contributed by atoms with Crippen LogP contribution in [0.3, 0.4) is 0 Å². The molecule has 1 amide bonds. The van der Waals surface area contributed by atoms with Crippen LogP contribution in [-0.4, -0.2) is 13.0 Å². The van der Waals surface area contributed by atoms with E-state index in [0.717, 1.165) is 23.4 Å². The standard InChI is InChI=1S/C23H19F3N2O/c1-28(19-10-6-3-7-11-19)21-14-13-18(23(24,25)26)16-20(21)27-22(29)15-12-17-8-4-2-5-9-17/h2-16H,1H3,(H,27,29)/b15-12+. The molecule has 0 aliphatic rings. The van der Waals surface area contributed by atoms with E-state index in [0.29, 0.717) is 5.69 Å². The topological polar surface area (TPSA) is 32.3 Å².